The highest BCUT2D eigenvalue weighted by molar-refractivity contribution is 9.09. The first-order valence-corrected chi connectivity index (χ1v) is 6.23. The molecule has 1 rings (SSSR count). The average molecular weight is 251 g/mol. The van der Waals surface area contributed by atoms with Crippen LogP contribution in [0.15, 0.2) is 0 Å². The van der Waals surface area contributed by atoms with Gasteiger partial charge in [0.2, 0.25) is 0 Å². The zero-order chi connectivity index (χ0) is 9.57. The molecule has 1 saturated heterocycles. The highest BCUT2D eigenvalue weighted by Gasteiger charge is 2.32. The highest BCUT2D eigenvalue weighted by Crippen LogP contribution is 2.27. The molecule has 0 amide bonds. The maximum Gasteiger partial charge on any atom is 0.0822 e. The number of halogens is 1. The van der Waals surface area contributed by atoms with Gasteiger partial charge >= 0.3 is 0 Å². The summed E-state index contributed by atoms with van der Waals surface area (Å²) in [5.41, 5.74) is 0.0629. The molecule has 0 unspecified atom stereocenters. The van der Waals surface area contributed by atoms with Crippen LogP contribution < -0.4 is 0 Å². The van der Waals surface area contributed by atoms with Gasteiger partial charge in [0.05, 0.1) is 5.60 Å². The van der Waals surface area contributed by atoms with Gasteiger partial charge in [-0.05, 0) is 6.42 Å². The molecule has 0 aromatic heterocycles. The molecule has 0 radical (unpaired) electrons. The number of hydrogen-bond donors (Lipinski definition) is 0. The number of alkyl halides is 1. The number of unbranched alkanes of at least 4 members (excludes halogenated alkanes) is 1. The summed E-state index contributed by atoms with van der Waals surface area (Å²) in [5.74, 6) is 0. The quantitative estimate of drug-likeness (QED) is 0.552. The van der Waals surface area contributed by atoms with Crippen molar-refractivity contribution in [2.45, 2.75) is 38.2 Å². The zero-order valence-electron chi connectivity index (χ0n) is 8.35. The van der Waals surface area contributed by atoms with E-state index >= 15 is 0 Å². The van der Waals surface area contributed by atoms with Crippen LogP contribution >= 0.6 is 15.9 Å². The molecule has 0 atom stereocenters. The smallest absolute Gasteiger partial charge is 0.0822 e. The zero-order valence-corrected chi connectivity index (χ0v) is 9.94. The van der Waals surface area contributed by atoms with Crippen molar-refractivity contribution in [1.29, 1.82) is 0 Å². The summed E-state index contributed by atoms with van der Waals surface area (Å²) >= 11 is 3.54. The normalized spacial score (nSPS) is 21.7. The second-order valence-corrected chi connectivity index (χ2v) is 4.19. The Kier molecular flexibility index (Phi) is 5.29. The van der Waals surface area contributed by atoms with Gasteiger partial charge in [0.25, 0.3) is 0 Å². The van der Waals surface area contributed by atoms with E-state index in [0.717, 1.165) is 44.4 Å². The molecular weight excluding hydrogens is 232 g/mol. The van der Waals surface area contributed by atoms with Gasteiger partial charge in [0, 0.05) is 38.0 Å². The van der Waals surface area contributed by atoms with Gasteiger partial charge in [-0.25, -0.2) is 0 Å². The fourth-order valence-electron chi connectivity index (χ4n) is 1.49. The summed E-state index contributed by atoms with van der Waals surface area (Å²) < 4.78 is 11.3. The maximum atomic E-state index is 5.93. The maximum absolute atomic E-state index is 5.93. The lowest BCUT2D eigenvalue weighted by Gasteiger charge is -2.35. The lowest BCUT2D eigenvalue weighted by Crippen LogP contribution is -2.41. The Morgan fingerprint density at radius 1 is 1.38 bits per heavy atom. The standard InChI is InChI=1S/C10H19BrO2/c1-2-3-6-13-10(9-11)4-7-12-8-5-10/h2-9H2,1H3. The third-order valence-electron chi connectivity index (χ3n) is 2.55. The highest BCUT2D eigenvalue weighted by atomic mass is 79.9. The second-order valence-electron chi connectivity index (χ2n) is 3.63. The molecular formula is C10H19BrO2. The van der Waals surface area contributed by atoms with Gasteiger partial charge in [-0.2, -0.15) is 0 Å². The molecule has 0 saturated carbocycles. The Morgan fingerprint density at radius 2 is 2.08 bits per heavy atom. The summed E-state index contributed by atoms with van der Waals surface area (Å²) in [5, 5.41) is 0.938. The minimum Gasteiger partial charge on any atom is -0.381 e. The van der Waals surface area contributed by atoms with Crippen molar-refractivity contribution in [3.8, 4) is 0 Å². The Labute approximate surface area is 89.1 Å². The van der Waals surface area contributed by atoms with E-state index in [4.69, 9.17) is 9.47 Å². The molecule has 0 aromatic carbocycles. The predicted molar refractivity (Wildman–Crippen MR) is 57.4 cm³/mol. The van der Waals surface area contributed by atoms with Crippen LogP contribution in [0.3, 0.4) is 0 Å². The van der Waals surface area contributed by atoms with Crippen molar-refractivity contribution >= 4 is 15.9 Å². The first-order valence-electron chi connectivity index (χ1n) is 5.11. The van der Waals surface area contributed by atoms with Gasteiger partial charge < -0.3 is 9.47 Å². The monoisotopic (exact) mass is 250 g/mol. The van der Waals surface area contributed by atoms with Crippen molar-refractivity contribution in [3.63, 3.8) is 0 Å². The minimum absolute atomic E-state index is 0.0629. The van der Waals surface area contributed by atoms with E-state index in [1.165, 1.54) is 6.42 Å². The van der Waals surface area contributed by atoms with Crippen LogP contribution in [0.1, 0.15) is 32.6 Å². The van der Waals surface area contributed by atoms with Crippen LogP contribution in [-0.4, -0.2) is 30.8 Å². The first-order chi connectivity index (χ1) is 6.33. The van der Waals surface area contributed by atoms with Crippen molar-refractivity contribution in [2.75, 3.05) is 25.2 Å². The van der Waals surface area contributed by atoms with E-state index in [2.05, 4.69) is 22.9 Å². The molecule has 78 valence electrons. The number of hydrogen-bond acceptors (Lipinski definition) is 2. The second kappa shape index (κ2) is 5.99. The molecule has 0 N–H and O–H groups in total. The molecule has 1 aliphatic rings. The molecule has 0 spiro atoms. The van der Waals surface area contributed by atoms with Gasteiger partial charge in [-0.1, -0.05) is 29.3 Å². The minimum atomic E-state index is 0.0629. The summed E-state index contributed by atoms with van der Waals surface area (Å²) in [6.45, 7) is 4.77. The van der Waals surface area contributed by atoms with E-state index in [1.807, 2.05) is 0 Å². The van der Waals surface area contributed by atoms with Crippen LogP contribution in [0, 0.1) is 0 Å². The topological polar surface area (TPSA) is 18.5 Å². The van der Waals surface area contributed by atoms with Gasteiger partial charge in [0.1, 0.15) is 0 Å². The third kappa shape index (κ3) is 3.56. The molecule has 1 fully saturated rings. The van der Waals surface area contributed by atoms with Crippen molar-refractivity contribution in [2.24, 2.45) is 0 Å². The molecule has 0 aliphatic carbocycles. The Balaban J connectivity index is 2.29. The SMILES string of the molecule is CCCCOC1(CBr)CCOCC1. The average Bonchev–Trinajstić information content (AvgIpc) is 2.20. The van der Waals surface area contributed by atoms with Crippen LogP contribution in [0.2, 0.25) is 0 Å². The lowest BCUT2D eigenvalue weighted by molar-refractivity contribution is -0.0957. The van der Waals surface area contributed by atoms with Crippen molar-refractivity contribution < 1.29 is 9.47 Å². The molecule has 0 bridgehead atoms. The van der Waals surface area contributed by atoms with E-state index in [-0.39, 0.29) is 5.60 Å². The number of rotatable bonds is 5. The van der Waals surface area contributed by atoms with Gasteiger partial charge in [-0.15, -0.1) is 0 Å². The predicted octanol–water partition coefficient (Wildman–Crippen LogP) is 2.75. The fourth-order valence-corrected chi connectivity index (χ4v) is 2.22. The summed E-state index contributed by atoms with van der Waals surface area (Å²) in [7, 11) is 0. The molecule has 13 heavy (non-hydrogen) atoms. The third-order valence-corrected chi connectivity index (χ3v) is 3.58. The molecule has 1 heterocycles. The van der Waals surface area contributed by atoms with Gasteiger partial charge in [-0.3, -0.25) is 0 Å². The van der Waals surface area contributed by atoms with E-state index < -0.39 is 0 Å². The molecule has 1 aliphatic heterocycles. The first kappa shape index (κ1) is 11.5. The van der Waals surface area contributed by atoms with E-state index in [1.54, 1.807) is 0 Å². The summed E-state index contributed by atoms with van der Waals surface area (Å²) in [4.78, 5) is 0. The largest absolute Gasteiger partial charge is 0.381 e. The Bertz CT molecular complexity index is 133. The fraction of sp³-hybridized carbons (Fsp3) is 1.00. The molecule has 3 heteroatoms. The van der Waals surface area contributed by atoms with Crippen molar-refractivity contribution in [1.82, 2.24) is 0 Å². The van der Waals surface area contributed by atoms with Crippen LogP contribution in [0.5, 0.6) is 0 Å². The van der Waals surface area contributed by atoms with Crippen LogP contribution in [-0.2, 0) is 9.47 Å². The van der Waals surface area contributed by atoms with Crippen LogP contribution in [0.25, 0.3) is 0 Å². The molecule has 0 aromatic rings. The number of ether oxygens (including phenoxy) is 2. The van der Waals surface area contributed by atoms with Crippen molar-refractivity contribution in [3.05, 3.63) is 0 Å². The Hall–Kier alpha value is 0.400. The van der Waals surface area contributed by atoms with E-state index in [9.17, 15) is 0 Å². The summed E-state index contributed by atoms with van der Waals surface area (Å²) in [6, 6.07) is 0. The van der Waals surface area contributed by atoms with Gasteiger partial charge in [0.15, 0.2) is 0 Å². The lowest BCUT2D eigenvalue weighted by atomic mass is 9.97. The molecule has 2 nitrogen and oxygen atoms in total. The summed E-state index contributed by atoms with van der Waals surface area (Å²) in [6.07, 6.45) is 4.43. The van der Waals surface area contributed by atoms with E-state index in [0.29, 0.717) is 0 Å². The Morgan fingerprint density at radius 3 is 2.62 bits per heavy atom. The van der Waals surface area contributed by atoms with Crippen LogP contribution in [0.4, 0.5) is 0 Å².